The van der Waals surface area contributed by atoms with Crippen molar-refractivity contribution in [3.8, 4) is 0 Å². The van der Waals surface area contributed by atoms with Gasteiger partial charge in [0, 0.05) is 23.0 Å². The summed E-state index contributed by atoms with van der Waals surface area (Å²) >= 11 is 1.55. The lowest BCUT2D eigenvalue weighted by atomic mass is 10.1. The van der Waals surface area contributed by atoms with Gasteiger partial charge < -0.3 is 4.74 Å². The molecule has 102 valence electrons. The Bertz CT molecular complexity index is 489. The first-order valence-electron chi connectivity index (χ1n) is 5.52. The number of nitro groups is 1. The molecule has 19 heavy (non-hydrogen) atoms. The summed E-state index contributed by atoms with van der Waals surface area (Å²) in [4.78, 5) is 13.2. The lowest BCUT2D eigenvalue weighted by molar-refractivity contribution is -0.385. The summed E-state index contributed by atoms with van der Waals surface area (Å²) in [6.07, 6.45) is 2.38. The Balaban J connectivity index is 2.82. The molecule has 0 aromatic heterocycles. The van der Waals surface area contributed by atoms with Crippen LogP contribution in [0.15, 0.2) is 23.3 Å². The van der Waals surface area contributed by atoms with Crippen LogP contribution in [0.2, 0.25) is 0 Å². The molecule has 0 atom stereocenters. The highest BCUT2D eigenvalue weighted by Crippen LogP contribution is 2.21. The Morgan fingerprint density at radius 1 is 1.58 bits per heavy atom. The summed E-state index contributed by atoms with van der Waals surface area (Å²) in [5.74, 6) is 0.562. The van der Waals surface area contributed by atoms with Gasteiger partial charge in [0.15, 0.2) is 0 Å². The summed E-state index contributed by atoms with van der Waals surface area (Å²) in [5, 5.41) is 14.4. The molecule has 0 unspecified atom stereocenters. The summed E-state index contributed by atoms with van der Waals surface area (Å²) in [6.45, 7) is 0.611. The summed E-state index contributed by atoms with van der Waals surface area (Å²) in [5.41, 5.74) is 9.68. The summed E-state index contributed by atoms with van der Waals surface area (Å²) < 4.78 is 5.30. The van der Waals surface area contributed by atoms with Crippen LogP contribution < -0.4 is 0 Å². The van der Waals surface area contributed by atoms with Crippen molar-refractivity contribution in [2.75, 3.05) is 18.8 Å². The van der Waals surface area contributed by atoms with E-state index in [1.54, 1.807) is 23.9 Å². The Labute approximate surface area is 114 Å². The second kappa shape index (κ2) is 8.36. The van der Waals surface area contributed by atoms with Gasteiger partial charge in [-0.1, -0.05) is 11.2 Å². The highest BCUT2D eigenvalue weighted by Gasteiger charge is 2.13. The van der Waals surface area contributed by atoms with Crippen LogP contribution in [-0.2, 0) is 17.7 Å². The molecule has 1 rings (SSSR count). The van der Waals surface area contributed by atoms with E-state index in [0.717, 1.165) is 5.56 Å². The zero-order chi connectivity index (χ0) is 14.1. The molecule has 8 heteroatoms. The standard InChI is InChI=1S/C11H14N4O3S/c1-19-8-18-5-4-10-6-9(7-13-14-12)2-3-11(10)15(16)17/h2-3,6H,4-5,7-8H2,1H3. The van der Waals surface area contributed by atoms with Gasteiger partial charge in [-0.3, -0.25) is 10.1 Å². The van der Waals surface area contributed by atoms with Gasteiger partial charge in [0.1, 0.15) is 0 Å². The molecular weight excluding hydrogens is 268 g/mol. The molecule has 1 aromatic carbocycles. The van der Waals surface area contributed by atoms with E-state index < -0.39 is 4.92 Å². The number of hydrogen-bond donors (Lipinski definition) is 0. The molecule has 0 amide bonds. The molecular formula is C11H14N4O3S. The van der Waals surface area contributed by atoms with E-state index in [-0.39, 0.29) is 12.2 Å². The smallest absolute Gasteiger partial charge is 0.272 e. The first-order valence-corrected chi connectivity index (χ1v) is 6.92. The molecule has 0 saturated carbocycles. The molecule has 1 aromatic rings. The van der Waals surface area contributed by atoms with Crippen molar-refractivity contribution in [1.29, 1.82) is 0 Å². The maximum absolute atomic E-state index is 10.9. The fourth-order valence-electron chi connectivity index (χ4n) is 1.55. The molecule has 0 saturated heterocycles. The number of rotatable bonds is 8. The van der Waals surface area contributed by atoms with Gasteiger partial charge in [0.05, 0.1) is 24.0 Å². The number of hydrogen-bond acceptors (Lipinski definition) is 5. The van der Waals surface area contributed by atoms with Crippen LogP contribution in [0.3, 0.4) is 0 Å². The highest BCUT2D eigenvalue weighted by molar-refractivity contribution is 7.98. The lowest BCUT2D eigenvalue weighted by Crippen LogP contribution is -2.02. The van der Waals surface area contributed by atoms with Crippen molar-refractivity contribution in [2.24, 2.45) is 5.11 Å². The number of benzene rings is 1. The zero-order valence-electron chi connectivity index (χ0n) is 10.5. The summed E-state index contributed by atoms with van der Waals surface area (Å²) in [7, 11) is 0. The van der Waals surface area contributed by atoms with Crippen LogP contribution in [0.4, 0.5) is 5.69 Å². The maximum Gasteiger partial charge on any atom is 0.272 e. The first-order chi connectivity index (χ1) is 9.19. The third-order valence-corrected chi connectivity index (χ3v) is 2.78. The first kappa shape index (κ1) is 15.3. The number of nitro benzene ring substituents is 1. The van der Waals surface area contributed by atoms with Crippen LogP contribution in [0.25, 0.3) is 10.4 Å². The number of azide groups is 1. The molecule has 0 heterocycles. The van der Waals surface area contributed by atoms with Crippen molar-refractivity contribution in [3.05, 3.63) is 49.9 Å². The number of thioether (sulfide) groups is 1. The molecule has 0 aliphatic rings. The third kappa shape index (κ3) is 5.17. The predicted octanol–water partition coefficient (Wildman–Crippen LogP) is 3.28. The van der Waals surface area contributed by atoms with E-state index in [9.17, 15) is 10.1 Å². The molecule has 0 fully saturated rings. The fourth-order valence-corrected chi connectivity index (χ4v) is 1.84. The maximum atomic E-state index is 10.9. The summed E-state index contributed by atoms with van der Waals surface area (Å²) in [6, 6.07) is 4.72. The van der Waals surface area contributed by atoms with Crippen LogP contribution in [0.1, 0.15) is 11.1 Å². The van der Waals surface area contributed by atoms with Crippen molar-refractivity contribution < 1.29 is 9.66 Å². The van der Waals surface area contributed by atoms with Gasteiger partial charge in [0.2, 0.25) is 0 Å². The second-order valence-corrected chi connectivity index (χ2v) is 4.49. The largest absolute Gasteiger partial charge is 0.371 e. The van der Waals surface area contributed by atoms with E-state index in [1.165, 1.54) is 6.07 Å². The monoisotopic (exact) mass is 282 g/mol. The van der Waals surface area contributed by atoms with Gasteiger partial charge >= 0.3 is 0 Å². The van der Waals surface area contributed by atoms with Crippen LogP contribution in [0.5, 0.6) is 0 Å². The lowest BCUT2D eigenvalue weighted by Gasteiger charge is -2.06. The fraction of sp³-hybridized carbons (Fsp3) is 0.455. The molecule has 0 aliphatic carbocycles. The average molecular weight is 282 g/mol. The van der Waals surface area contributed by atoms with Crippen molar-refractivity contribution in [2.45, 2.75) is 13.0 Å². The van der Waals surface area contributed by atoms with Crippen LogP contribution in [-0.4, -0.2) is 23.7 Å². The molecule has 0 radical (unpaired) electrons. The number of ether oxygens (including phenoxy) is 1. The SMILES string of the molecule is CSCOCCc1cc(CN=[N+]=[N-])ccc1[N+](=O)[O-]. The van der Waals surface area contributed by atoms with Crippen molar-refractivity contribution in [1.82, 2.24) is 0 Å². The molecule has 0 spiro atoms. The Kier molecular flexibility index (Phi) is 6.73. The average Bonchev–Trinajstić information content (AvgIpc) is 2.41. The minimum Gasteiger partial charge on any atom is -0.371 e. The Morgan fingerprint density at radius 2 is 2.37 bits per heavy atom. The molecule has 0 bridgehead atoms. The van der Waals surface area contributed by atoms with E-state index >= 15 is 0 Å². The van der Waals surface area contributed by atoms with Gasteiger partial charge in [0.25, 0.3) is 5.69 Å². The minimum absolute atomic E-state index is 0.0671. The van der Waals surface area contributed by atoms with E-state index in [2.05, 4.69) is 10.0 Å². The zero-order valence-corrected chi connectivity index (χ0v) is 11.3. The van der Waals surface area contributed by atoms with Gasteiger partial charge in [-0.15, -0.1) is 11.8 Å². The predicted molar refractivity (Wildman–Crippen MR) is 74.0 cm³/mol. The number of nitrogens with zero attached hydrogens (tertiary/aromatic N) is 4. The topological polar surface area (TPSA) is 101 Å². The molecule has 7 nitrogen and oxygen atoms in total. The highest BCUT2D eigenvalue weighted by atomic mass is 32.2. The second-order valence-electron chi connectivity index (χ2n) is 3.67. The van der Waals surface area contributed by atoms with Crippen molar-refractivity contribution in [3.63, 3.8) is 0 Å². The van der Waals surface area contributed by atoms with Crippen LogP contribution in [0, 0.1) is 10.1 Å². The van der Waals surface area contributed by atoms with Gasteiger partial charge in [-0.2, -0.15) is 0 Å². The van der Waals surface area contributed by atoms with E-state index in [4.69, 9.17) is 10.3 Å². The third-order valence-electron chi connectivity index (χ3n) is 2.37. The molecule has 0 aliphatic heterocycles. The quantitative estimate of drug-likeness (QED) is 0.139. The minimum atomic E-state index is -0.415. The Hall–Kier alpha value is -1.76. The van der Waals surface area contributed by atoms with Gasteiger partial charge in [-0.25, -0.2) is 0 Å². The van der Waals surface area contributed by atoms with Crippen molar-refractivity contribution >= 4 is 17.4 Å². The van der Waals surface area contributed by atoms with E-state index in [0.29, 0.717) is 24.5 Å². The normalized spacial score (nSPS) is 9.95. The Morgan fingerprint density at radius 3 is 3.00 bits per heavy atom. The molecule has 0 N–H and O–H groups in total. The van der Waals surface area contributed by atoms with Crippen LogP contribution >= 0.6 is 11.8 Å². The van der Waals surface area contributed by atoms with E-state index in [1.807, 2.05) is 6.26 Å². The van der Waals surface area contributed by atoms with Gasteiger partial charge in [-0.05, 0) is 23.4 Å².